The van der Waals surface area contributed by atoms with Crippen LogP contribution in [0.3, 0.4) is 0 Å². The van der Waals surface area contributed by atoms with E-state index in [1.807, 2.05) is 44.2 Å². The van der Waals surface area contributed by atoms with Crippen LogP contribution >= 0.6 is 11.6 Å². The lowest BCUT2D eigenvalue weighted by molar-refractivity contribution is 0.720. The molecule has 0 amide bonds. The fraction of sp³-hybridized carbons (Fsp3) is 0.235. The van der Waals surface area contributed by atoms with Crippen molar-refractivity contribution in [1.82, 2.24) is 14.5 Å². The molecule has 3 rings (SSSR count). The summed E-state index contributed by atoms with van der Waals surface area (Å²) in [5, 5.41) is 1.54. The van der Waals surface area contributed by atoms with Gasteiger partial charge >= 0.3 is 5.69 Å². The highest BCUT2D eigenvalue weighted by Gasteiger charge is 2.12. The fourth-order valence-corrected chi connectivity index (χ4v) is 2.76. The second-order valence-corrected chi connectivity index (χ2v) is 5.48. The Morgan fingerprint density at radius 1 is 1.23 bits per heavy atom. The molecule has 5 heteroatoms. The molecule has 2 aromatic heterocycles. The Balaban J connectivity index is 2.41. The molecule has 0 aliphatic rings. The van der Waals surface area contributed by atoms with Crippen LogP contribution in [0.4, 0.5) is 0 Å². The number of nitrogens with zero attached hydrogens (tertiary/aromatic N) is 3. The predicted molar refractivity (Wildman–Crippen MR) is 89.3 cm³/mol. The molecule has 0 saturated carbocycles. The standard InChI is InChI=1S/C17H16ClN3O/c1-3-13-9-14(11-6-5-7-12(18)8-11)15-10-19-17(22)21(4-2)16(15)20-13/h5-10H,3-4H2,1-2H3. The summed E-state index contributed by atoms with van der Waals surface area (Å²) in [6.07, 6.45) is 2.40. The van der Waals surface area contributed by atoms with Gasteiger partial charge in [0.2, 0.25) is 0 Å². The first-order valence-corrected chi connectivity index (χ1v) is 7.67. The maximum absolute atomic E-state index is 12.0. The van der Waals surface area contributed by atoms with E-state index in [9.17, 15) is 4.79 Å². The van der Waals surface area contributed by atoms with Gasteiger partial charge in [-0.25, -0.2) is 14.8 Å². The quantitative estimate of drug-likeness (QED) is 0.741. The molecule has 4 nitrogen and oxygen atoms in total. The summed E-state index contributed by atoms with van der Waals surface area (Å²) < 4.78 is 1.60. The van der Waals surface area contributed by atoms with E-state index in [0.29, 0.717) is 17.2 Å². The Bertz CT molecular complexity index is 902. The maximum Gasteiger partial charge on any atom is 0.349 e. The van der Waals surface area contributed by atoms with Gasteiger partial charge in [-0.05, 0) is 42.7 Å². The van der Waals surface area contributed by atoms with Crippen molar-refractivity contribution in [3.8, 4) is 11.1 Å². The Morgan fingerprint density at radius 3 is 2.73 bits per heavy atom. The topological polar surface area (TPSA) is 47.8 Å². The van der Waals surface area contributed by atoms with Crippen molar-refractivity contribution in [3.05, 3.63) is 57.7 Å². The number of hydrogen-bond acceptors (Lipinski definition) is 3. The highest BCUT2D eigenvalue weighted by atomic mass is 35.5. The fourth-order valence-electron chi connectivity index (χ4n) is 2.57. The van der Waals surface area contributed by atoms with Crippen molar-refractivity contribution in [1.29, 1.82) is 0 Å². The smallest absolute Gasteiger partial charge is 0.276 e. The summed E-state index contributed by atoms with van der Waals surface area (Å²) in [6.45, 7) is 4.51. The summed E-state index contributed by atoms with van der Waals surface area (Å²) in [5.41, 5.74) is 3.34. The molecule has 22 heavy (non-hydrogen) atoms. The zero-order valence-corrected chi connectivity index (χ0v) is 13.3. The zero-order valence-electron chi connectivity index (χ0n) is 12.5. The van der Waals surface area contributed by atoms with E-state index >= 15 is 0 Å². The molecule has 0 unspecified atom stereocenters. The van der Waals surface area contributed by atoms with Gasteiger partial charge < -0.3 is 0 Å². The van der Waals surface area contributed by atoms with Crippen molar-refractivity contribution in [2.45, 2.75) is 26.8 Å². The third-order valence-corrected chi connectivity index (χ3v) is 3.93. The summed E-state index contributed by atoms with van der Waals surface area (Å²) in [4.78, 5) is 20.6. The van der Waals surface area contributed by atoms with Crippen molar-refractivity contribution >= 4 is 22.6 Å². The van der Waals surface area contributed by atoms with Gasteiger partial charge in [0.15, 0.2) is 0 Å². The van der Waals surface area contributed by atoms with Crippen LogP contribution in [-0.4, -0.2) is 14.5 Å². The van der Waals surface area contributed by atoms with Crippen molar-refractivity contribution in [2.24, 2.45) is 0 Å². The molecule has 0 spiro atoms. The Labute approximate surface area is 133 Å². The van der Waals surface area contributed by atoms with Gasteiger partial charge in [0.25, 0.3) is 0 Å². The summed E-state index contributed by atoms with van der Waals surface area (Å²) >= 11 is 6.12. The summed E-state index contributed by atoms with van der Waals surface area (Å²) in [5.74, 6) is 0. The van der Waals surface area contributed by atoms with Crippen molar-refractivity contribution in [2.75, 3.05) is 0 Å². The molecule has 3 aromatic rings. The largest absolute Gasteiger partial charge is 0.349 e. The molecule has 0 aliphatic carbocycles. The van der Waals surface area contributed by atoms with E-state index < -0.39 is 0 Å². The lowest BCUT2D eigenvalue weighted by Crippen LogP contribution is -2.23. The third-order valence-electron chi connectivity index (χ3n) is 3.70. The van der Waals surface area contributed by atoms with Crippen molar-refractivity contribution < 1.29 is 0 Å². The van der Waals surface area contributed by atoms with Gasteiger partial charge in [-0.3, -0.25) is 4.57 Å². The van der Waals surface area contributed by atoms with Crippen LogP contribution in [-0.2, 0) is 13.0 Å². The molecule has 0 bridgehead atoms. The monoisotopic (exact) mass is 313 g/mol. The van der Waals surface area contributed by atoms with E-state index in [1.54, 1.807) is 10.8 Å². The molecule has 1 aromatic carbocycles. The summed E-state index contributed by atoms with van der Waals surface area (Å²) in [6, 6.07) is 9.72. The van der Waals surface area contributed by atoms with E-state index in [-0.39, 0.29) is 5.69 Å². The number of pyridine rings is 1. The maximum atomic E-state index is 12.0. The number of benzene rings is 1. The average Bonchev–Trinajstić information content (AvgIpc) is 2.53. The molecule has 0 saturated heterocycles. The highest BCUT2D eigenvalue weighted by molar-refractivity contribution is 6.30. The molecule has 112 valence electrons. The minimum Gasteiger partial charge on any atom is -0.276 e. The van der Waals surface area contributed by atoms with Crippen LogP contribution < -0.4 is 5.69 Å². The highest BCUT2D eigenvalue weighted by Crippen LogP contribution is 2.29. The zero-order chi connectivity index (χ0) is 15.7. The molecular formula is C17H16ClN3O. The van der Waals surface area contributed by atoms with Gasteiger partial charge in [-0.15, -0.1) is 0 Å². The normalized spacial score (nSPS) is 11.0. The first kappa shape index (κ1) is 14.7. The second-order valence-electron chi connectivity index (χ2n) is 5.05. The SMILES string of the molecule is CCc1cc(-c2cccc(Cl)c2)c2cnc(=O)n(CC)c2n1. The Morgan fingerprint density at radius 2 is 2.05 bits per heavy atom. The molecule has 2 heterocycles. The van der Waals surface area contributed by atoms with E-state index in [0.717, 1.165) is 28.6 Å². The molecule has 0 N–H and O–H groups in total. The first-order chi connectivity index (χ1) is 10.6. The van der Waals surface area contributed by atoms with Crippen LogP contribution in [0.15, 0.2) is 41.3 Å². The van der Waals surface area contributed by atoms with Crippen LogP contribution in [0.1, 0.15) is 19.5 Å². The number of hydrogen-bond donors (Lipinski definition) is 0. The minimum absolute atomic E-state index is 0.271. The molecule has 0 radical (unpaired) electrons. The summed E-state index contributed by atoms with van der Waals surface area (Å²) in [7, 11) is 0. The van der Waals surface area contributed by atoms with Crippen LogP contribution in [0.2, 0.25) is 5.02 Å². The van der Waals surface area contributed by atoms with E-state index in [4.69, 9.17) is 11.6 Å². The van der Waals surface area contributed by atoms with Gasteiger partial charge in [-0.2, -0.15) is 0 Å². The third kappa shape index (κ3) is 2.50. The number of aromatic nitrogens is 3. The number of rotatable bonds is 3. The number of aryl methyl sites for hydroxylation is 2. The van der Waals surface area contributed by atoms with E-state index in [1.165, 1.54) is 0 Å². The Hall–Kier alpha value is -2.20. The van der Waals surface area contributed by atoms with Crippen LogP contribution in [0.5, 0.6) is 0 Å². The second kappa shape index (κ2) is 5.89. The molecule has 0 fully saturated rings. The lowest BCUT2D eigenvalue weighted by atomic mass is 10.0. The molecular weight excluding hydrogens is 298 g/mol. The van der Waals surface area contributed by atoms with Gasteiger partial charge in [0.05, 0.1) is 0 Å². The van der Waals surface area contributed by atoms with Crippen LogP contribution in [0.25, 0.3) is 22.2 Å². The van der Waals surface area contributed by atoms with Crippen molar-refractivity contribution in [3.63, 3.8) is 0 Å². The number of halogens is 1. The van der Waals surface area contributed by atoms with Gasteiger partial charge in [0, 0.05) is 28.8 Å². The lowest BCUT2D eigenvalue weighted by Gasteiger charge is -2.12. The number of fused-ring (bicyclic) bond motifs is 1. The Kier molecular flexibility index (Phi) is 3.94. The van der Waals surface area contributed by atoms with Gasteiger partial charge in [0.1, 0.15) is 5.65 Å². The average molecular weight is 314 g/mol. The predicted octanol–water partition coefficient (Wildman–Crippen LogP) is 3.69. The van der Waals surface area contributed by atoms with Crippen LogP contribution in [0, 0.1) is 0 Å². The van der Waals surface area contributed by atoms with E-state index in [2.05, 4.69) is 9.97 Å². The molecule has 0 atom stereocenters. The van der Waals surface area contributed by atoms with Gasteiger partial charge in [-0.1, -0.05) is 30.7 Å². The molecule has 0 aliphatic heterocycles. The minimum atomic E-state index is -0.271. The first-order valence-electron chi connectivity index (χ1n) is 7.29.